The molecule has 2 N–H and O–H groups in total. The fourth-order valence-electron chi connectivity index (χ4n) is 2.50. The van der Waals surface area contributed by atoms with Crippen molar-refractivity contribution in [1.29, 1.82) is 0 Å². The quantitative estimate of drug-likeness (QED) is 0.565. The average Bonchev–Trinajstić information content (AvgIpc) is 3.08. The minimum absolute atomic E-state index is 0.502. The Balaban J connectivity index is 1.91. The Labute approximate surface area is 149 Å². The smallest absolute Gasteiger partial charge is 0.191 e. The molecule has 0 amide bonds. The van der Waals surface area contributed by atoms with Gasteiger partial charge in [0.15, 0.2) is 11.8 Å². The van der Waals surface area contributed by atoms with E-state index in [1.807, 2.05) is 11.5 Å². The lowest BCUT2D eigenvalue weighted by Crippen LogP contribution is -2.38. The maximum absolute atomic E-state index is 5.38. The van der Waals surface area contributed by atoms with Crippen LogP contribution in [0.5, 0.6) is 5.75 Å². The van der Waals surface area contributed by atoms with Crippen LogP contribution in [0.15, 0.2) is 29.5 Å². The second-order valence-electron chi connectivity index (χ2n) is 5.71. The highest BCUT2D eigenvalue weighted by atomic mass is 16.5. The fourth-order valence-corrected chi connectivity index (χ4v) is 2.50. The number of methoxy groups -OCH3 is 1. The van der Waals surface area contributed by atoms with E-state index in [4.69, 9.17) is 4.74 Å². The van der Waals surface area contributed by atoms with Crippen LogP contribution in [0.25, 0.3) is 0 Å². The van der Waals surface area contributed by atoms with Gasteiger partial charge < -0.3 is 19.9 Å². The molecule has 0 aliphatic heterocycles. The molecule has 7 heteroatoms. The van der Waals surface area contributed by atoms with Gasteiger partial charge in [-0.2, -0.15) is 0 Å². The summed E-state index contributed by atoms with van der Waals surface area (Å²) in [6.07, 6.45) is 2.63. The molecule has 7 nitrogen and oxygen atoms in total. The number of hydrogen-bond acceptors (Lipinski definition) is 4. The lowest BCUT2D eigenvalue weighted by molar-refractivity contribution is 0.411. The molecule has 2 aromatic rings. The van der Waals surface area contributed by atoms with Crippen LogP contribution in [0, 0.1) is 6.92 Å². The third-order valence-corrected chi connectivity index (χ3v) is 3.94. The molecule has 0 fully saturated rings. The van der Waals surface area contributed by atoms with Crippen molar-refractivity contribution < 1.29 is 4.74 Å². The van der Waals surface area contributed by atoms with E-state index in [0.29, 0.717) is 6.54 Å². The van der Waals surface area contributed by atoms with Crippen molar-refractivity contribution in [2.24, 2.45) is 4.99 Å². The molecule has 1 aromatic heterocycles. The monoisotopic (exact) mass is 344 g/mol. The summed E-state index contributed by atoms with van der Waals surface area (Å²) in [7, 11) is 1.70. The van der Waals surface area contributed by atoms with Gasteiger partial charge in [0.1, 0.15) is 18.6 Å². The van der Waals surface area contributed by atoms with E-state index in [-0.39, 0.29) is 0 Å². The summed E-state index contributed by atoms with van der Waals surface area (Å²) in [5, 5.41) is 14.7. The van der Waals surface area contributed by atoms with Gasteiger partial charge in [-0.1, -0.05) is 12.1 Å². The zero-order chi connectivity index (χ0) is 18.1. The van der Waals surface area contributed by atoms with E-state index >= 15 is 0 Å². The Kier molecular flexibility index (Phi) is 7.25. The molecular formula is C18H28N6O. The summed E-state index contributed by atoms with van der Waals surface area (Å²) in [5.41, 5.74) is 2.38. The summed E-state index contributed by atoms with van der Waals surface area (Å²) in [6, 6.07) is 6.31. The molecule has 0 saturated carbocycles. The molecule has 25 heavy (non-hydrogen) atoms. The van der Waals surface area contributed by atoms with Crippen molar-refractivity contribution in [3.63, 3.8) is 0 Å². The topological polar surface area (TPSA) is 76.4 Å². The molecule has 136 valence electrons. The highest BCUT2D eigenvalue weighted by molar-refractivity contribution is 5.79. The standard InChI is InChI=1S/C18H28N6O/c1-5-19-18(21-12-17-23-22-13-24(17)6-2)20-10-9-15-8-7-14(3)16(11-15)25-4/h7-8,11,13H,5-6,9-10,12H2,1-4H3,(H2,19,20,21). The highest BCUT2D eigenvalue weighted by Crippen LogP contribution is 2.18. The van der Waals surface area contributed by atoms with Gasteiger partial charge in [-0.3, -0.25) is 0 Å². The largest absolute Gasteiger partial charge is 0.496 e. The lowest BCUT2D eigenvalue weighted by atomic mass is 10.1. The van der Waals surface area contributed by atoms with E-state index in [2.05, 4.69) is 57.9 Å². The van der Waals surface area contributed by atoms with Gasteiger partial charge in [0.25, 0.3) is 0 Å². The van der Waals surface area contributed by atoms with Crippen molar-refractivity contribution >= 4 is 5.96 Å². The maximum atomic E-state index is 5.38. The number of rotatable bonds is 8. The van der Waals surface area contributed by atoms with E-state index in [9.17, 15) is 0 Å². The van der Waals surface area contributed by atoms with Crippen LogP contribution in [0.2, 0.25) is 0 Å². The molecule has 0 atom stereocenters. The lowest BCUT2D eigenvalue weighted by Gasteiger charge is -2.12. The first-order chi connectivity index (χ1) is 12.2. The van der Waals surface area contributed by atoms with Gasteiger partial charge in [0.2, 0.25) is 0 Å². The first kappa shape index (κ1) is 18.8. The van der Waals surface area contributed by atoms with Crippen molar-refractivity contribution in [1.82, 2.24) is 25.4 Å². The molecule has 1 heterocycles. The number of aryl methyl sites for hydroxylation is 2. The van der Waals surface area contributed by atoms with Gasteiger partial charge in [-0.25, -0.2) is 4.99 Å². The van der Waals surface area contributed by atoms with Crippen LogP contribution in [0.3, 0.4) is 0 Å². The predicted octanol–water partition coefficient (Wildman–Crippen LogP) is 1.91. The number of ether oxygens (including phenoxy) is 1. The number of nitrogens with one attached hydrogen (secondary N) is 2. The van der Waals surface area contributed by atoms with E-state index in [0.717, 1.165) is 49.2 Å². The minimum atomic E-state index is 0.502. The number of benzene rings is 1. The van der Waals surface area contributed by atoms with Crippen LogP contribution in [-0.2, 0) is 19.5 Å². The number of aliphatic imine (C=N–C) groups is 1. The average molecular weight is 344 g/mol. The Hall–Kier alpha value is -2.57. The number of nitrogens with zero attached hydrogens (tertiary/aromatic N) is 4. The highest BCUT2D eigenvalue weighted by Gasteiger charge is 2.04. The van der Waals surface area contributed by atoms with Crippen LogP contribution in [0.4, 0.5) is 0 Å². The van der Waals surface area contributed by atoms with Gasteiger partial charge in [0.05, 0.1) is 7.11 Å². The second kappa shape index (κ2) is 9.66. The van der Waals surface area contributed by atoms with Gasteiger partial charge in [0, 0.05) is 19.6 Å². The zero-order valence-corrected chi connectivity index (χ0v) is 15.5. The molecule has 0 saturated heterocycles. The van der Waals surface area contributed by atoms with E-state index in [1.165, 1.54) is 5.56 Å². The van der Waals surface area contributed by atoms with Gasteiger partial charge in [-0.15, -0.1) is 10.2 Å². The van der Waals surface area contributed by atoms with Crippen molar-refractivity contribution in [2.75, 3.05) is 20.2 Å². The van der Waals surface area contributed by atoms with Gasteiger partial charge in [-0.05, 0) is 44.4 Å². The molecule has 0 aliphatic carbocycles. The third-order valence-electron chi connectivity index (χ3n) is 3.94. The first-order valence-corrected chi connectivity index (χ1v) is 8.70. The molecule has 0 aliphatic rings. The molecule has 2 rings (SSSR count). The molecule has 0 radical (unpaired) electrons. The van der Waals surface area contributed by atoms with Crippen molar-refractivity contribution in [3.8, 4) is 5.75 Å². The summed E-state index contributed by atoms with van der Waals surface area (Å²) in [5.74, 6) is 2.58. The molecule has 0 spiro atoms. The number of hydrogen-bond donors (Lipinski definition) is 2. The van der Waals surface area contributed by atoms with Crippen LogP contribution < -0.4 is 15.4 Å². The summed E-state index contributed by atoms with van der Waals surface area (Å²) in [6.45, 7) is 9.11. The van der Waals surface area contributed by atoms with Crippen molar-refractivity contribution in [3.05, 3.63) is 41.5 Å². The zero-order valence-electron chi connectivity index (χ0n) is 15.5. The SMILES string of the molecule is CCNC(=NCc1nncn1CC)NCCc1ccc(C)c(OC)c1. The van der Waals surface area contributed by atoms with Gasteiger partial charge >= 0.3 is 0 Å². The minimum Gasteiger partial charge on any atom is -0.496 e. The Morgan fingerprint density at radius 1 is 1.28 bits per heavy atom. The van der Waals surface area contributed by atoms with E-state index in [1.54, 1.807) is 13.4 Å². The molecule has 0 unspecified atom stereocenters. The Bertz CT molecular complexity index is 695. The Morgan fingerprint density at radius 2 is 2.12 bits per heavy atom. The van der Waals surface area contributed by atoms with Crippen LogP contribution >= 0.6 is 0 Å². The van der Waals surface area contributed by atoms with Crippen molar-refractivity contribution in [2.45, 2.75) is 40.3 Å². The van der Waals surface area contributed by atoms with Crippen LogP contribution in [0.1, 0.15) is 30.8 Å². The number of aromatic nitrogens is 3. The summed E-state index contributed by atoms with van der Waals surface area (Å²) >= 11 is 0. The summed E-state index contributed by atoms with van der Waals surface area (Å²) < 4.78 is 7.37. The third kappa shape index (κ3) is 5.48. The first-order valence-electron chi connectivity index (χ1n) is 8.70. The summed E-state index contributed by atoms with van der Waals surface area (Å²) in [4.78, 5) is 4.59. The molecular weight excluding hydrogens is 316 g/mol. The number of guanidine groups is 1. The second-order valence-corrected chi connectivity index (χ2v) is 5.71. The molecule has 0 bridgehead atoms. The van der Waals surface area contributed by atoms with E-state index < -0.39 is 0 Å². The predicted molar refractivity (Wildman–Crippen MR) is 99.9 cm³/mol. The van der Waals surface area contributed by atoms with Crippen LogP contribution in [-0.4, -0.2) is 40.9 Å². The fraction of sp³-hybridized carbons (Fsp3) is 0.500. The Morgan fingerprint density at radius 3 is 2.84 bits per heavy atom. The normalized spacial score (nSPS) is 11.4. The maximum Gasteiger partial charge on any atom is 0.191 e. The molecule has 1 aromatic carbocycles.